The molecule has 0 saturated heterocycles. The monoisotopic (exact) mass is 498 g/mol. The Balaban J connectivity index is 1.43. The molecule has 0 aliphatic heterocycles. The van der Waals surface area contributed by atoms with Crippen molar-refractivity contribution in [2.75, 3.05) is 0 Å². The molecule has 0 atom stereocenters. The Labute approximate surface area is 216 Å². The summed E-state index contributed by atoms with van der Waals surface area (Å²) in [5.41, 5.74) is 4.67. The minimum Gasteiger partial charge on any atom is -0.422 e. The molecule has 6 nitrogen and oxygen atoms in total. The second kappa shape index (κ2) is 9.53. The summed E-state index contributed by atoms with van der Waals surface area (Å²) >= 11 is 1.31. The van der Waals surface area contributed by atoms with Gasteiger partial charge < -0.3 is 4.42 Å². The first kappa shape index (κ1) is 22.4. The van der Waals surface area contributed by atoms with E-state index >= 15 is 0 Å². The fourth-order valence-electron chi connectivity index (χ4n) is 4.09. The lowest BCUT2D eigenvalue weighted by atomic mass is 10.1. The maximum absolute atomic E-state index is 12.6. The van der Waals surface area contributed by atoms with Gasteiger partial charge in [0.15, 0.2) is 0 Å². The van der Waals surface area contributed by atoms with Gasteiger partial charge in [-0.2, -0.15) is 10.4 Å². The van der Waals surface area contributed by atoms with E-state index in [1.165, 1.54) is 11.3 Å². The van der Waals surface area contributed by atoms with Gasteiger partial charge in [-0.3, -0.25) is 0 Å². The van der Waals surface area contributed by atoms with Gasteiger partial charge in [0, 0.05) is 28.1 Å². The molecular formula is C30H18N4O2S. The number of fused-ring (bicyclic) bond motifs is 1. The van der Waals surface area contributed by atoms with Crippen LogP contribution in [0.2, 0.25) is 0 Å². The highest BCUT2D eigenvalue weighted by molar-refractivity contribution is 7.11. The number of thiazole rings is 1. The molecule has 0 fully saturated rings. The number of aromatic nitrogens is 3. The van der Waals surface area contributed by atoms with Crippen LogP contribution >= 0.6 is 11.3 Å². The molecule has 6 aromatic rings. The lowest BCUT2D eigenvalue weighted by Crippen LogP contribution is -2.02. The third-order valence-electron chi connectivity index (χ3n) is 5.88. The van der Waals surface area contributed by atoms with Gasteiger partial charge in [0.1, 0.15) is 16.7 Å². The summed E-state index contributed by atoms with van der Waals surface area (Å²) in [5.74, 6) is 0. The van der Waals surface area contributed by atoms with Crippen molar-refractivity contribution < 1.29 is 4.42 Å². The van der Waals surface area contributed by atoms with Gasteiger partial charge in [-0.1, -0.05) is 66.7 Å². The van der Waals surface area contributed by atoms with Crippen LogP contribution in [0.4, 0.5) is 0 Å². The molecule has 3 aromatic carbocycles. The maximum atomic E-state index is 12.6. The van der Waals surface area contributed by atoms with Crippen LogP contribution in [-0.4, -0.2) is 14.8 Å². The Kier molecular flexibility index (Phi) is 5.77. The first-order chi connectivity index (χ1) is 18.2. The molecule has 0 aliphatic carbocycles. The topological polar surface area (TPSA) is 84.7 Å². The second-order valence-electron chi connectivity index (χ2n) is 8.27. The quantitative estimate of drug-likeness (QED) is 0.192. The number of nitrogens with zero attached hydrogens (tertiary/aromatic N) is 4. The van der Waals surface area contributed by atoms with Crippen molar-refractivity contribution in [1.29, 1.82) is 5.26 Å². The van der Waals surface area contributed by atoms with Gasteiger partial charge in [0.25, 0.3) is 0 Å². The molecule has 0 aliphatic rings. The molecule has 0 amide bonds. The number of benzene rings is 3. The zero-order valence-electron chi connectivity index (χ0n) is 19.4. The standard InChI is InChI=1S/C30H18N4O2S/c31-17-22(29-32-26(19-37-29)25-16-21-11-7-8-14-27(21)36-30(25)35)15-23-18-34(24-12-5-2-6-13-24)33-28(23)20-9-3-1-4-10-20/h1-16,18-19H/b22-15+. The fourth-order valence-corrected chi connectivity index (χ4v) is 4.87. The summed E-state index contributed by atoms with van der Waals surface area (Å²) in [6, 6.07) is 31.0. The highest BCUT2D eigenvalue weighted by Gasteiger charge is 2.16. The van der Waals surface area contributed by atoms with Crippen LogP contribution in [0.25, 0.3) is 50.8 Å². The van der Waals surface area contributed by atoms with E-state index in [0.717, 1.165) is 27.9 Å². The first-order valence-electron chi connectivity index (χ1n) is 11.5. The minimum atomic E-state index is -0.464. The van der Waals surface area contributed by atoms with E-state index in [0.29, 0.717) is 27.4 Å². The summed E-state index contributed by atoms with van der Waals surface area (Å²) in [4.78, 5) is 17.2. The second-order valence-corrected chi connectivity index (χ2v) is 9.13. The van der Waals surface area contributed by atoms with Crippen LogP contribution in [0.1, 0.15) is 10.6 Å². The van der Waals surface area contributed by atoms with E-state index < -0.39 is 5.63 Å². The van der Waals surface area contributed by atoms with E-state index in [2.05, 4.69) is 11.1 Å². The normalized spacial score (nSPS) is 11.5. The molecular weight excluding hydrogens is 480 g/mol. The molecule has 0 spiro atoms. The molecule has 0 N–H and O–H groups in total. The molecule has 0 unspecified atom stereocenters. The van der Waals surface area contributed by atoms with Crippen molar-refractivity contribution in [3.63, 3.8) is 0 Å². The molecule has 176 valence electrons. The van der Waals surface area contributed by atoms with Crippen molar-refractivity contribution >= 4 is 34.0 Å². The van der Waals surface area contributed by atoms with E-state index in [1.54, 1.807) is 28.3 Å². The number of nitriles is 1. The Morgan fingerprint density at radius 1 is 0.973 bits per heavy atom. The van der Waals surface area contributed by atoms with Crippen LogP contribution in [-0.2, 0) is 0 Å². The van der Waals surface area contributed by atoms with Gasteiger partial charge in [-0.15, -0.1) is 11.3 Å². The molecule has 3 aromatic heterocycles. The average Bonchev–Trinajstić information content (AvgIpc) is 3.60. The lowest BCUT2D eigenvalue weighted by molar-refractivity contribution is 0.563. The molecule has 0 bridgehead atoms. The highest BCUT2D eigenvalue weighted by atomic mass is 32.1. The van der Waals surface area contributed by atoms with E-state index in [4.69, 9.17) is 9.52 Å². The number of hydrogen-bond donors (Lipinski definition) is 0. The molecule has 7 heteroatoms. The molecule has 3 heterocycles. The zero-order chi connectivity index (χ0) is 25.2. The summed E-state index contributed by atoms with van der Waals surface area (Å²) in [6.07, 6.45) is 3.70. The summed E-state index contributed by atoms with van der Waals surface area (Å²) in [7, 11) is 0. The molecule has 6 rings (SSSR count). The summed E-state index contributed by atoms with van der Waals surface area (Å²) in [6.45, 7) is 0. The van der Waals surface area contributed by atoms with Crippen LogP contribution < -0.4 is 5.63 Å². The Morgan fingerprint density at radius 3 is 2.49 bits per heavy atom. The van der Waals surface area contributed by atoms with Gasteiger partial charge in [-0.05, 0) is 30.3 Å². The largest absolute Gasteiger partial charge is 0.422 e. The number of rotatable bonds is 5. The zero-order valence-corrected chi connectivity index (χ0v) is 20.2. The Morgan fingerprint density at radius 2 is 1.70 bits per heavy atom. The van der Waals surface area contributed by atoms with Crippen LogP contribution in [0, 0.1) is 11.3 Å². The Bertz CT molecular complexity index is 1860. The first-order valence-corrected chi connectivity index (χ1v) is 12.4. The highest BCUT2D eigenvalue weighted by Crippen LogP contribution is 2.30. The third kappa shape index (κ3) is 4.38. The number of allylic oxidation sites excluding steroid dienone is 1. The van der Waals surface area contributed by atoms with Crippen LogP contribution in [0.5, 0.6) is 0 Å². The van der Waals surface area contributed by atoms with E-state index in [9.17, 15) is 10.1 Å². The molecule has 0 radical (unpaired) electrons. The fraction of sp³-hybridized carbons (Fsp3) is 0. The van der Waals surface area contributed by atoms with Gasteiger partial charge in [-0.25, -0.2) is 14.5 Å². The van der Waals surface area contributed by atoms with Crippen molar-refractivity contribution in [3.8, 4) is 34.3 Å². The SMILES string of the molecule is N#C/C(=C\c1cn(-c2ccccc2)nc1-c1ccccc1)c1nc(-c2cc3ccccc3oc2=O)cs1. The van der Waals surface area contributed by atoms with E-state index in [-0.39, 0.29) is 0 Å². The van der Waals surface area contributed by atoms with Crippen LogP contribution in [0.15, 0.2) is 112 Å². The molecule has 0 saturated carbocycles. The number of hydrogen-bond acceptors (Lipinski definition) is 6. The average molecular weight is 499 g/mol. The van der Waals surface area contributed by atoms with Gasteiger partial charge in [0.2, 0.25) is 0 Å². The lowest BCUT2D eigenvalue weighted by Gasteiger charge is -2.00. The van der Waals surface area contributed by atoms with Crippen molar-refractivity contribution in [3.05, 3.63) is 124 Å². The Hall–Kier alpha value is -5.06. The predicted octanol–water partition coefficient (Wildman–Crippen LogP) is 6.83. The third-order valence-corrected chi connectivity index (χ3v) is 6.76. The van der Waals surface area contributed by atoms with Crippen molar-refractivity contribution in [2.45, 2.75) is 0 Å². The van der Waals surface area contributed by atoms with Crippen LogP contribution in [0.3, 0.4) is 0 Å². The number of para-hydroxylation sites is 2. The van der Waals surface area contributed by atoms with Crippen molar-refractivity contribution in [1.82, 2.24) is 14.8 Å². The van der Waals surface area contributed by atoms with E-state index in [1.807, 2.05) is 85.1 Å². The molecule has 37 heavy (non-hydrogen) atoms. The van der Waals surface area contributed by atoms with Gasteiger partial charge >= 0.3 is 5.63 Å². The van der Waals surface area contributed by atoms with Crippen molar-refractivity contribution in [2.24, 2.45) is 0 Å². The smallest absolute Gasteiger partial charge is 0.345 e. The minimum absolute atomic E-state index is 0.361. The predicted molar refractivity (Wildman–Crippen MR) is 146 cm³/mol. The van der Waals surface area contributed by atoms with Gasteiger partial charge in [0.05, 0.1) is 28.2 Å². The summed E-state index contributed by atoms with van der Waals surface area (Å²) in [5, 5.41) is 18.0. The summed E-state index contributed by atoms with van der Waals surface area (Å²) < 4.78 is 7.27. The maximum Gasteiger partial charge on any atom is 0.345 e.